The van der Waals surface area contributed by atoms with Gasteiger partial charge < -0.3 is 0 Å². The van der Waals surface area contributed by atoms with Crippen LogP contribution < -0.4 is 5.32 Å². The lowest BCUT2D eigenvalue weighted by Gasteiger charge is -2.23. The lowest BCUT2D eigenvalue weighted by atomic mass is 9.85. The van der Waals surface area contributed by atoms with Crippen molar-refractivity contribution in [1.29, 1.82) is 0 Å². The third-order valence-electron chi connectivity index (χ3n) is 1.70. The largest absolute Gasteiger partial charge is 0.471 e. The van der Waals surface area contributed by atoms with Gasteiger partial charge in [-0.3, -0.25) is 0 Å². The van der Waals surface area contributed by atoms with Crippen LogP contribution in [0.2, 0.25) is 0 Å². The van der Waals surface area contributed by atoms with Gasteiger partial charge >= 0.3 is 6.09 Å². The molecule has 0 atom stereocenters. The van der Waals surface area contributed by atoms with Crippen LogP contribution in [0.3, 0.4) is 0 Å². The minimum absolute atomic E-state index is 0.461. The number of carbonyl (C=O) groups is 1. The molecule has 3 heteroatoms. The van der Waals surface area contributed by atoms with Crippen LogP contribution in [0.15, 0.2) is 0 Å². The maximum Gasteiger partial charge on any atom is 0.471 e. The standard InChI is InChI=1S/C6H9NO2/c8-6(9)7-4-5-2-1-3-5/h5H,1-4H2. The molecule has 0 aromatic carbocycles. The molecule has 1 saturated carbocycles. The highest BCUT2D eigenvalue weighted by atomic mass is 16.4. The van der Waals surface area contributed by atoms with E-state index in [0.29, 0.717) is 12.5 Å². The second-order valence-electron chi connectivity index (χ2n) is 2.40. The zero-order valence-electron chi connectivity index (χ0n) is 5.17. The minimum atomic E-state index is -1.28. The summed E-state index contributed by atoms with van der Waals surface area (Å²) in [6.07, 6.45) is 2.22. The molecule has 1 aliphatic carbocycles. The highest BCUT2D eigenvalue weighted by Crippen LogP contribution is 2.25. The molecule has 0 heterocycles. The van der Waals surface area contributed by atoms with E-state index in [0.717, 1.165) is 12.8 Å². The zero-order valence-corrected chi connectivity index (χ0v) is 5.17. The normalized spacial score (nSPS) is 18.7. The lowest BCUT2D eigenvalue weighted by Crippen LogP contribution is -2.24. The Morgan fingerprint density at radius 2 is 2.22 bits per heavy atom. The van der Waals surface area contributed by atoms with Gasteiger partial charge in [0, 0.05) is 6.54 Å². The first-order valence-electron chi connectivity index (χ1n) is 3.17. The third-order valence-corrected chi connectivity index (χ3v) is 1.70. The Kier molecular flexibility index (Phi) is 1.92. The van der Waals surface area contributed by atoms with Crippen LogP contribution in [0, 0.1) is 5.92 Å². The number of rotatable bonds is 2. The van der Waals surface area contributed by atoms with Gasteiger partial charge in [-0.1, -0.05) is 6.42 Å². The van der Waals surface area contributed by atoms with Crippen molar-refractivity contribution in [3.8, 4) is 0 Å². The van der Waals surface area contributed by atoms with E-state index in [1.165, 1.54) is 6.42 Å². The number of amides is 1. The van der Waals surface area contributed by atoms with Gasteiger partial charge in [0.05, 0.1) is 0 Å². The molecule has 0 bridgehead atoms. The predicted molar refractivity (Wildman–Crippen MR) is 30.4 cm³/mol. The van der Waals surface area contributed by atoms with E-state index in [-0.39, 0.29) is 0 Å². The molecule has 1 aliphatic rings. The summed E-state index contributed by atoms with van der Waals surface area (Å²) in [4.78, 5) is 9.77. The fourth-order valence-corrected chi connectivity index (χ4v) is 0.879. The highest BCUT2D eigenvalue weighted by Gasteiger charge is 2.18. The molecule has 0 aromatic heterocycles. The fraction of sp³-hybridized carbons (Fsp3) is 0.833. The summed E-state index contributed by atoms with van der Waals surface area (Å²) in [5, 5.41) is 13.0. The van der Waals surface area contributed by atoms with Crippen LogP contribution in [0.25, 0.3) is 0 Å². The molecule has 2 radical (unpaired) electrons. The Hall–Kier alpha value is -0.730. The van der Waals surface area contributed by atoms with Crippen LogP contribution in [0.4, 0.5) is 4.79 Å². The van der Waals surface area contributed by atoms with Crippen molar-refractivity contribution < 1.29 is 9.90 Å². The lowest BCUT2D eigenvalue weighted by molar-refractivity contribution is 0.161. The molecule has 3 nitrogen and oxygen atoms in total. The zero-order chi connectivity index (χ0) is 6.69. The molecular formula is C6H9NO2. The van der Waals surface area contributed by atoms with Gasteiger partial charge in [0.25, 0.3) is 0 Å². The van der Waals surface area contributed by atoms with Gasteiger partial charge in [0.15, 0.2) is 0 Å². The van der Waals surface area contributed by atoms with E-state index < -0.39 is 6.09 Å². The van der Waals surface area contributed by atoms with Crippen molar-refractivity contribution >= 4 is 6.09 Å². The molecule has 9 heavy (non-hydrogen) atoms. The third kappa shape index (κ3) is 1.91. The van der Waals surface area contributed by atoms with Crippen molar-refractivity contribution in [3.63, 3.8) is 0 Å². The minimum Gasteiger partial charge on any atom is -0.218 e. The number of hydrogen-bond acceptors (Lipinski definition) is 1. The van der Waals surface area contributed by atoms with E-state index in [9.17, 15) is 9.90 Å². The van der Waals surface area contributed by atoms with E-state index in [2.05, 4.69) is 5.32 Å². The smallest absolute Gasteiger partial charge is 0.218 e. The van der Waals surface area contributed by atoms with Crippen molar-refractivity contribution in [1.82, 2.24) is 5.32 Å². The summed E-state index contributed by atoms with van der Waals surface area (Å²) < 4.78 is 0. The summed E-state index contributed by atoms with van der Waals surface area (Å²) in [6, 6.07) is 0. The molecule has 1 amide bonds. The molecule has 0 aromatic rings. The van der Waals surface area contributed by atoms with Gasteiger partial charge in [-0.05, 0) is 18.8 Å². The molecule has 50 valence electrons. The second kappa shape index (κ2) is 2.71. The van der Waals surface area contributed by atoms with E-state index >= 15 is 0 Å². The monoisotopic (exact) mass is 127 g/mol. The average Bonchev–Trinajstić information content (AvgIpc) is 1.60. The summed E-state index contributed by atoms with van der Waals surface area (Å²) in [5.41, 5.74) is 0. The maximum absolute atomic E-state index is 9.77. The Bertz CT molecular complexity index is 110. The molecular weight excluding hydrogens is 118 g/mol. The van der Waals surface area contributed by atoms with E-state index in [1.54, 1.807) is 0 Å². The first kappa shape index (κ1) is 6.39. The van der Waals surface area contributed by atoms with Crippen LogP contribution in [0.1, 0.15) is 19.3 Å². The number of nitrogens with zero attached hydrogens (tertiary/aromatic N) is 1. The van der Waals surface area contributed by atoms with Gasteiger partial charge in [-0.25, -0.2) is 15.2 Å². The van der Waals surface area contributed by atoms with Crippen LogP contribution in [-0.4, -0.2) is 12.6 Å². The predicted octanol–water partition coefficient (Wildman–Crippen LogP) is 0.941. The first-order chi connectivity index (χ1) is 4.29. The molecule has 0 N–H and O–H groups in total. The fourth-order valence-electron chi connectivity index (χ4n) is 0.879. The van der Waals surface area contributed by atoms with Crippen molar-refractivity contribution in [3.05, 3.63) is 0 Å². The Morgan fingerprint density at radius 1 is 1.56 bits per heavy atom. The number of hydrogen-bond donors (Lipinski definition) is 0. The quantitative estimate of drug-likeness (QED) is 0.544. The van der Waals surface area contributed by atoms with Gasteiger partial charge in [0.2, 0.25) is 0 Å². The van der Waals surface area contributed by atoms with Gasteiger partial charge in [0.1, 0.15) is 0 Å². The molecule has 0 saturated heterocycles. The Morgan fingerprint density at radius 3 is 2.56 bits per heavy atom. The summed E-state index contributed by atoms with van der Waals surface area (Å²) in [5.74, 6) is 0.530. The first-order valence-corrected chi connectivity index (χ1v) is 3.17. The number of carbonyl (C=O) groups excluding carboxylic acids is 1. The Balaban J connectivity index is 1.97. The van der Waals surface area contributed by atoms with Crippen LogP contribution >= 0.6 is 0 Å². The topological polar surface area (TPSA) is 51.1 Å². The van der Waals surface area contributed by atoms with Crippen LogP contribution in [-0.2, 0) is 5.11 Å². The Labute approximate surface area is 54.1 Å². The average molecular weight is 127 g/mol. The molecule has 1 fully saturated rings. The highest BCUT2D eigenvalue weighted by molar-refractivity contribution is 5.63. The van der Waals surface area contributed by atoms with Crippen molar-refractivity contribution in [2.75, 3.05) is 6.54 Å². The SMILES string of the molecule is [O]C(=O)[N]CC1CCC1. The maximum atomic E-state index is 9.77. The summed E-state index contributed by atoms with van der Waals surface area (Å²) in [7, 11) is 0. The van der Waals surface area contributed by atoms with E-state index in [1.807, 2.05) is 0 Å². The van der Waals surface area contributed by atoms with E-state index in [4.69, 9.17) is 0 Å². The molecule has 1 rings (SSSR count). The second-order valence-corrected chi connectivity index (χ2v) is 2.40. The molecule has 0 spiro atoms. The molecule has 0 aliphatic heterocycles. The summed E-state index contributed by atoms with van der Waals surface area (Å²) in [6.45, 7) is 0.461. The van der Waals surface area contributed by atoms with Crippen molar-refractivity contribution in [2.24, 2.45) is 5.92 Å². The van der Waals surface area contributed by atoms with Crippen molar-refractivity contribution in [2.45, 2.75) is 19.3 Å². The summed E-state index contributed by atoms with van der Waals surface area (Å²) >= 11 is 0. The molecule has 0 unspecified atom stereocenters. The van der Waals surface area contributed by atoms with Gasteiger partial charge in [-0.15, -0.1) is 0 Å². The van der Waals surface area contributed by atoms with Gasteiger partial charge in [-0.2, -0.15) is 0 Å². The van der Waals surface area contributed by atoms with Crippen LogP contribution in [0.5, 0.6) is 0 Å².